The van der Waals surface area contributed by atoms with Gasteiger partial charge in [0.1, 0.15) is 10.7 Å². The zero-order chi connectivity index (χ0) is 14.6. The smallest absolute Gasteiger partial charge is 0.389 e. The number of ether oxygens (including phenoxy) is 1. The summed E-state index contributed by atoms with van der Waals surface area (Å²) in [6.45, 7) is 3.66. The van der Waals surface area contributed by atoms with Gasteiger partial charge in [-0.25, -0.2) is 0 Å². The minimum Gasteiger partial charge on any atom is -0.493 e. The average Bonchev–Trinajstić information content (AvgIpc) is 2.25. The fourth-order valence-electron chi connectivity index (χ4n) is 1.77. The Hall–Kier alpha value is -1.30. The largest absolute Gasteiger partial charge is 0.493 e. The summed E-state index contributed by atoms with van der Waals surface area (Å²) in [6, 6.07) is 3.54. The van der Waals surface area contributed by atoms with Crippen molar-refractivity contribution in [2.45, 2.75) is 32.9 Å². The van der Waals surface area contributed by atoms with Crippen molar-refractivity contribution >= 4 is 17.2 Å². The second-order valence-electron chi connectivity index (χ2n) is 4.37. The van der Waals surface area contributed by atoms with Gasteiger partial charge in [0.25, 0.3) is 0 Å². The summed E-state index contributed by atoms with van der Waals surface area (Å²) in [5, 5.41) is 0. The van der Waals surface area contributed by atoms with Crippen LogP contribution >= 0.6 is 12.2 Å². The maximum atomic E-state index is 12.0. The molecule has 0 unspecified atom stereocenters. The lowest BCUT2D eigenvalue weighted by Gasteiger charge is -2.14. The average molecular weight is 291 g/mol. The number of rotatable bonds is 5. The van der Waals surface area contributed by atoms with E-state index in [1.165, 1.54) is 0 Å². The van der Waals surface area contributed by atoms with E-state index in [9.17, 15) is 13.2 Å². The summed E-state index contributed by atoms with van der Waals surface area (Å²) in [7, 11) is 0. The van der Waals surface area contributed by atoms with Crippen LogP contribution in [0.15, 0.2) is 12.1 Å². The van der Waals surface area contributed by atoms with E-state index < -0.39 is 12.6 Å². The van der Waals surface area contributed by atoms with Gasteiger partial charge in [-0.05, 0) is 43.5 Å². The Balaban J connectivity index is 2.67. The maximum absolute atomic E-state index is 12.0. The van der Waals surface area contributed by atoms with Gasteiger partial charge >= 0.3 is 6.18 Å². The van der Waals surface area contributed by atoms with Crippen LogP contribution in [0.25, 0.3) is 0 Å². The SMILES string of the molecule is Cc1cc(C(N)=S)cc(C)c1OCCCC(F)(F)F. The molecule has 0 aliphatic carbocycles. The topological polar surface area (TPSA) is 35.2 Å². The second-order valence-corrected chi connectivity index (χ2v) is 4.81. The van der Waals surface area contributed by atoms with E-state index in [2.05, 4.69) is 0 Å². The van der Waals surface area contributed by atoms with Crippen LogP contribution in [0.1, 0.15) is 29.5 Å². The standard InChI is InChI=1S/C13H16F3NOS/c1-8-6-10(12(17)19)7-9(2)11(8)18-5-3-4-13(14,15)16/h6-7H,3-5H2,1-2H3,(H2,17,19). The first-order valence-electron chi connectivity index (χ1n) is 5.81. The van der Waals surface area contributed by atoms with E-state index in [0.717, 1.165) is 16.7 Å². The van der Waals surface area contributed by atoms with Gasteiger partial charge in [-0.15, -0.1) is 0 Å². The van der Waals surface area contributed by atoms with Crippen molar-refractivity contribution in [2.75, 3.05) is 6.61 Å². The molecule has 1 aromatic rings. The molecule has 0 atom stereocenters. The summed E-state index contributed by atoms with van der Waals surface area (Å²) >= 11 is 4.88. The molecule has 2 N–H and O–H groups in total. The highest BCUT2D eigenvalue weighted by Gasteiger charge is 2.26. The summed E-state index contributed by atoms with van der Waals surface area (Å²) in [5.74, 6) is 0.599. The molecule has 0 fully saturated rings. The van der Waals surface area contributed by atoms with Gasteiger partial charge in [-0.2, -0.15) is 13.2 Å². The number of benzene rings is 1. The lowest BCUT2D eigenvalue weighted by Crippen LogP contribution is -2.12. The molecule has 2 nitrogen and oxygen atoms in total. The Bertz CT molecular complexity index is 448. The van der Waals surface area contributed by atoms with Crippen LogP contribution in [0, 0.1) is 13.8 Å². The Kier molecular flexibility index (Phi) is 5.17. The fourth-order valence-corrected chi connectivity index (χ4v) is 1.88. The zero-order valence-electron chi connectivity index (χ0n) is 10.8. The van der Waals surface area contributed by atoms with E-state index >= 15 is 0 Å². The van der Waals surface area contributed by atoms with E-state index in [-0.39, 0.29) is 18.0 Å². The molecule has 0 aromatic heterocycles. The molecule has 1 rings (SSSR count). The first kappa shape index (κ1) is 15.8. The highest BCUT2D eigenvalue weighted by Crippen LogP contribution is 2.26. The molecule has 0 amide bonds. The number of nitrogens with two attached hydrogens (primary N) is 1. The van der Waals surface area contributed by atoms with Crippen LogP contribution < -0.4 is 10.5 Å². The minimum absolute atomic E-state index is 0.0353. The Morgan fingerprint density at radius 3 is 2.21 bits per heavy atom. The maximum Gasteiger partial charge on any atom is 0.389 e. The van der Waals surface area contributed by atoms with Crippen molar-refractivity contribution in [3.8, 4) is 5.75 Å². The molecule has 0 saturated carbocycles. The molecule has 0 saturated heterocycles. The van der Waals surface area contributed by atoms with Gasteiger partial charge in [0.2, 0.25) is 0 Å². The summed E-state index contributed by atoms with van der Waals surface area (Å²) < 4.78 is 41.4. The molecule has 0 spiro atoms. The second kappa shape index (κ2) is 6.23. The number of alkyl halides is 3. The molecule has 6 heteroatoms. The van der Waals surface area contributed by atoms with E-state index in [4.69, 9.17) is 22.7 Å². The van der Waals surface area contributed by atoms with Crippen molar-refractivity contribution in [1.29, 1.82) is 0 Å². The first-order valence-corrected chi connectivity index (χ1v) is 6.22. The van der Waals surface area contributed by atoms with Gasteiger partial charge in [-0.1, -0.05) is 12.2 Å². The van der Waals surface area contributed by atoms with Gasteiger partial charge in [0.05, 0.1) is 6.61 Å². The summed E-state index contributed by atoms with van der Waals surface area (Å²) in [6.07, 6.45) is -5.03. The molecule has 19 heavy (non-hydrogen) atoms. The normalized spacial score (nSPS) is 11.4. The van der Waals surface area contributed by atoms with E-state index in [1.807, 2.05) is 13.8 Å². The van der Waals surface area contributed by atoms with Crippen molar-refractivity contribution in [3.63, 3.8) is 0 Å². The zero-order valence-corrected chi connectivity index (χ0v) is 11.6. The molecule has 0 bridgehead atoms. The predicted octanol–water partition coefficient (Wildman–Crippen LogP) is 3.66. The van der Waals surface area contributed by atoms with Crippen LogP contribution in [0.4, 0.5) is 13.2 Å². The van der Waals surface area contributed by atoms with Crippen molar-refractivity contribution in [3.05, 3.63) is 28.8 Å². The minimum atomic E-state index is -4.14. The highest BCUT2D eigenvalue weighted by molar-refractivity contribution is 7.80. The molecule has 0 heterocycles. The Morgan fingerprint density at radius 1 is 1.26 bits per heavy atom. The number of hydrogen-bond donors (Lipinski definition) is 1. The van der Waals surface area contributed by atoms with Crippen molar-refractivity contribution in [1.82, 2.24) is 0 Å². The number of aryl methyl sites for hydroxylation is 2. The molecule has 0 aliphatic heterocycles. The molecular formula is C13H16F3NOS. The number of hydrogen-bond acceptors (Lipinski definition) is 2. The van der Waals surface area contributed by atoms with E-state index in [0.29, 0.717) is 5.75 Å². The van der Waals surface area contributed by atoms with Crippen LogP contribution in [0.3, 0.4) is 0 Å². The van der Waals surface area contributed by atoms with Gasteiger partial charge < -0.3 is 10.5 Å². The van der Waals surface area contributed by atoms with Crippen LogP contribution in [-0.4, -0.2) is 17.8 Å². The number of halogens is 3. The number of thiocarbonyl (C=S) groups is 1. The van der Waals surface area contributed by atoms with Crippen LogP contribution in [0.5, 0.6) is 5.75 Å². The van der Waals surface area contributed by atoms with E-state index in [1.54, 1.807) is 12.1 Å². The molecule has 1 aromatic carbocycles. The van der Waals surface area contributed by atoms with Crippen molar-refractivity contribution in [2.24, 2.45) is 5.73 Å². The van der Waals surface area contributed by atoms with Crippen LogP contribution in [0.2, 0.25) is 0 Å². The summed E-state index contributed by atoms with van der Waals surface area (Å²) in [5.41, 5.74) is 7.90. The summed E-state index contributed by atoms with van der Waals surface area (Å²) in [4.78, 5) is 0.287. The van der Waals surface area contributed by atoms with Gasteiger partial charge in [-0.3, -0.25) is 0 Å². The van der Waals surface area contributed by atoms with Crippen LogP contribution in [-0.2, 0) is 0 Å². The third kappa shape index (κ3) is 5.06. The Morgan fingerprint density at radius 2 is 1.79 bits per heavy atom. The lowest BCUT2D eigenvalue weighted by molar-refractivity contribution is -0.136. The molecular weight excluding hydrogens is 275 g/mol. The molecule has 0 radical (unpaired) electrons. The third-order valence-corrected chi connectivity index (χ3v) is 2.83. The molecule has 106 valence electrons. The lowest BCUT2D eigenvalue weighted by atomic mass is 10.1. The third-order valence-electron chi connectivity index (χ3n) is 2.60. The van der Waals surface area contributed by atoms with Gasteiger partial charge in [0.15, 0.2) is 0 Å². The first-order chi connectivity index (χ1) is 8.70. The monoisotopic (exact) mass is 291 g/mol. The fraction of sp³-hybridized carbons (Fsp3) is 0.462. The predicted molar refractivity (Wildman–Crippen MR) is 72.6 cm³/mol. The van der Waals surface area contributed by atoms with Gasteiger partial charge in [0, 0.05) is 12.0 Å². The molecule has 0 aliphatic rings. The quantitative estimate of drug-likeness (QED) is 0.664. The highest BCUT2D eigenvalue weighted by atomic mass is 32.1. The van der Waals surface area contributed by atoms with Crippen molar-refractivity contribution < 1.29 is 17.9 Å². The Labute approximate surface area is 115 Å².